The first-order valence-corrected chi connectivity index (χ1v) is 12.5. The van der Waals surface area contributed by atoms with Crippen LogP contribution in [0.25, 0.3) is 11.5 Å². The van der Waals surface area contributed by atoms with E-state index >= 15 is 0 Å². The minimum absolute atomic E-state index is 0.0265. The quantitative estimate of drug-likeness (QED) is 0.499. The van der Waals surface area contributed by atoms with E-state index in [2.05, 4.69) is 15.5 Å². The van der Waals surface area contributed by atoms with Crippen LogP contribution in [0.4, 0.5) is 0 Å². The molecule has 3 N–H and O–H groups in total. The summed E-state index contributed by atoms with van der Waals surface area (Å²) in [4.78, 5) is 14.3. The van der Waals surface area contributed by atoms with Gasteiger partial charge in [-0.1, -0.05) is 31.4 Å². The van der Waals surface area contributed by atoms with Crippen LogP contribution in [0.15, 0.2) is 28.8 Å². The van der Waals surface area contributed by atoms with Crippen molar-refractivity contribution in [1.82, 2.24) is 15.5 Å². The minimum atomic E-state index is -3.31. The Bertz CT molecular complexity index is 823. The number of nitrogens with one attached hydrogen (secondary N) is 1. The van der Waals surface area contributed by atoms with Crippen molar-refractivity contribution >= 4 is 19.0 Å². The zero-order valence-electron chi connectivity index (χ0n) is 16.6. The van der Waals surface area contributed by atoms with Gasteiger partial charge in [0, 0.05) is 24.3 Å². The molecular weight excluding hydrogens is 413 g/mol. The predicted octanol–water partition coefficient (Wildman–Crippen LogP) is 4.25. The number of rotatable bonds is 9. The number of nitrogens with zero attached hydrogens (tertiary/aromatic N) is 2. The summed E-state index contributed by atoms with van der Waals surface area (Å²) in [5.41, 5.74) is 1.78. The van der Waals surface area contributed by atoms with Gasteiger partial charge in [-0.15, -0.1) is 0 Å². The summed E-state index contributed by atoms with van der Waals surface area (Å²) in [6.07, 6.45) is 5.00. The maximum Gasteiger partial charge on any atom is 0.264 e. The van der Waals surface area contributed by atoms with Crippen LogP contribution in [0.3, 0.4) is 0 Å². The van der Waals surface area contributed by atoms with Crippen molar-refractivity contribution in [2.45, 2.75) is 51.2 Å². The van der Waals surface area contributed by atoms with E-state index in [-0.39, 0.29) is 24.0 Å². The Morgan fingerprint density at radius 1 is 1.28 bits per heavy atom. The summed E-state index contributed by atoms with van der Waals surface area (Å²) < 4.78 is 17.6. The van der Waals surface area contributed by atoms with E-state index in [1.807, 2.05) is 31.2 Å². The molecule has 0 amide bonds. The van der Waals surface area contributed by atoms with E-state index in [4.69, 9.17) is 16.1 Å². The summed E-state index contributed by atoms with van der Waals surface area (Å²) >= 11 is 5.68. The van der Waals surface area contributed by atoms with E-state index in [0.29, 0.717) is 18.0 Å². The maximum absolute atomic E-state index is 12.5. The van der Waals surface area contributed by atoms with Crippen LogP contribution < -0.4 is 5.32 Å². The highest BCUT2D eigenvalue weighted by Gasteiger charge is 2.28. The molecule has 1 aliphatic carbocycles. The van der Waals surface area contributed by atoms with Crippen molar-refractivity contribution in [3.05, 3.63) is 35.1 Å². The van der Waals surface area contributed by atoms with Gasteiger partial charge in [-0.2, -0.15) is 4.98 Å². The average Bonchev–Trinajstić information content (AvgIpc) is 3.12. The van der Waals surface area contributed by atoms with E-state index < -0.39 is 13.5 Å². The molecule has 1 heterocycles. The number of benzene rings is 1. The smallest absolute Gasteiger partial charge is 0.264 e. The highest BCUT2D eigenvalue weighted by Crippen LogP contribution is 2.45. The second-order valence-corrected chi connectivity index (χ2v) is 10.8. The lowest BCUT2D eigenvalue weighted by Gasteiger charge is -2.25. The third kappa shape index (κ3) is 6.90. The molecular formula is C20H29ClN3O4P. The molecule has 1 aromatic carbocycles. The summed E-state index contributed by atoms with van der Waals surface area (Å²) in [7, 11) is -3.31. The van der Waals surface area contributed by atoms with Gasteiger partial charge in [-0.3, -0.25) is 4.57 Å². The summed E-state index contributed by atoms with van der Waals surface area (Å²) in [6.45, 7) is 2.24. The van der Waals surface area contributed by atoms with Gasteiger partial charge in [0.05, 0.1) is 12.3 Å². The lowest BCUT2D eigenvalue weighted by atomic mass is 9.91. The average molecular weight is 442 g/mol. The number of aliphatic hydroxyl groups excluding tert-OH is 1. The van der Waals surface area contributed by atoms with E-state index in [1.54, 1.807) is 0 Å². The Labute approximate surface area is 176 Å². The van der Waals surface area contributed by atoms with Crippen LogP contribution in [0.2, 0.25) is 5.28 Å². The minimum Gasteiger partial charge on any atom is -0.391 e. The Morgan fingerprint density at radius 3 is 2.59 bits per heavy atom. The lowest BCUT2D eigenvalue weighted by molar-refractivity contribution is 0.186. The standard InChI is InChI=1S/C20H29ClN3O4P/c1-14(16-7-9-17(10-8-16)19-23-20(21)24-28-19)22-11-18(25)13-29(26,27)12-15-5-3-2-4-6-15/h7-10,14-15,18,22,25H,2-6,11-13H2,1H3,(H,26,27)/t14?,18-/m0/s1. The molecule has 0 spiro atoms. The predicted molar refractivity (Wildman–Crippen MR) is 113 cm³/mol. The van der Waals surface area contributed by atoms with Crippen LogP contribution in [0.1, 0.15) is 50.6 Å². The zero-order chi connectivity index (χ0) is 20.9. The van der Waals surface area contributed by atoms with Crippen molar-refractivity contribution in [3.63, 3.8) is 0 Å². The second-order valence-electron chi connectivity index (χ2n) is 7.99. The van der Waals surface area contributed by atoms with Crippen molar-refractivity contribution in [2.24, 2.45) is 5.92 Å². The number of halogens is 1. The molecule has 0 aliphatic heterocycles. The largest absolute Gasteiger partial charge is 0.391 e. The van der Waals surface area contributed by atoms with Crippen molar-refractivity contribution in [3.8, 4) is 11.5 Å². The number of hydrogen-bond donors (Lipinski definition) is 3. The van der Waals surface area contributed by atoms with E-state index in [1.165, 1.54) is 6.42 Å². The molecule has 0 radical (unpaired) electrons. The Hall–Kier alpha value is -1.24. The molecule has 160 valence electrons. The SMILES string of the molecule is CC(NC[C@H](O)CP(=O)(O)CC1CCCCC1)c1ccc(-c2nc(Cl)no2)cc1. The first kappa shape index (κ1) is 22.4. The Balaban J connectivity index is 1.46. The van der Waals surface area contributed by atoms with Crippen LogP contribution in [-0.2, 0) is 4.57 Å². The molecule has 1 aliphatic rings. The lowest BCUT2D eigenvalue weighted by Crippen LogP contribution is -2.32. The first-order chi connectivity index (χ1) is 13.8. The van der Waals surface area contributed by atoms with Gasteiger partial charge in [-0.25, -0.2) is 0 Å². The molecule has 3 atom stereocenters. The monoisotopic (exact) mass is 441 g/mol. The van der Waals surface area contributed by atoms with Crippen LogP contribution >= 0.6 is 19.0 Å². The van der Waals surface area contributed by atoms with Gasteiger partial charge in [0.15, 0.2) is 0 Å². The molecule has 2 aromatic rings. The van der Waals surface area contributed by atoms with Crippen molar-refractivity contribution in [1.29, 1.82) is 0 Å². The highest BCUT2D eigenvalue weighted by atomic mass is 35.5. The van der Waals surface area contributed by atoms with E-state index in [0.717, 1.165) is 36.8 Å². The third-order valence-electron chi connectivity index (χ3n) is 5.48. The fraction of sp³-hybridized carbons (Fsp3) is 0.600. The molecule has 29 heavy (non-hydrogen) atoms. The third-order valence-corrected chi connectivity index (χ3v) is 7.72. The molecule has 3 rings (SSSR count). The number of aromatic nitrogens is 2. The Morgan fingerprint density at radius 2 is 1.97 bits per heavy atom. The van der Waals surface area contributed by atoms with Gasteiger partial charge in [0.1, 0.15) is 0 Å². The van der Waals surface area contributed by atoms with Gasteiger partial charge in [-0.05, 0) is 60.1 Å². The van der Waals surface area contributed by atoms with Crippen LogP contribution in [0, 0.1) is 5.92 Å². The molecule has 0 bridgehead atoms. The van der Waals surface area contributed by atoms with Gasteiger partial charge < -0.3 is 19.8 Å². The van der Waals surface area contributed by atoms with Gasteiger partial charge >= 0.3 is 0 Å². The van der Waals surface area contributed by atoms with Crippen molar-refractivity contribution < 1.29 is 19.1 Å². The first-order valence-electron chi connectivity index (χ1n) is 10.1. The maximum atomic E-state index is 12.5. The Kier molecular flexibility index (Phi) is 7.88. The highest BCUT2D eigenvalue weighted by molar-refractivity contribution is 7.58. The molecule has 9 heteroatoms. The number of aliphatic hydroxyl groups is 1. The molecule has 1 aromatic heterocycles. The summed E-state index contributed by atoms with van der Waals surface area (Å²) in [6, 6.07) is 7.55. The van der Waals surface area contributed by atoms with Crippen LogP contribution in [0.5, 0.6) is 0 Å². The zero-order valence-corrected chi connectivity index (χ0v) is 18.3. The van der Waals surface area contributed by atoms with Crippen LogP contribution in [-0.4, -0.2) is 45.1 Å². The fourth-order valence-corrected chi connectivity index (χ4v) is 6.13. The van der Waals surface area contributed by atoms with Gasteiger partial charge in [0.2, 0.25) is 7.37 Å². The fourth-order valence-electron chi connectivity index (χ4n) is 3.91. The van der Waals surface area contributed by atoms with Crippen molar-refractivity contribution in [2.75, 3.05) is 18.9 Å². The van der Waals surface area contributed by atoms with E-state index in [9.17, 15) is 14.6 Å². The van der Waals surface area contributed by atoms with Gasteiger partial charge in [0.25, 0.3) is 11.2 Å². The number of hydrogen-bond acceptors (Lipinski definition) is 6. The molecule has 0 saturated heterocycles. The summed E-state index contributed by atoms with van der Waals surface area (Å²) in [5, 5.41) is 17.1. The molecule has 1 fully saturated rings. The molecule has 2 unspecified atom stereocenters. The molecule has 1 saturated carbocycles. The topological polar surface area (TPSA) is 108 Å². The normalized spacial score (nSPS) is 19.6. The summed E-state index contributed by atoms with van der Waals surface area (Å²) in [5.74, 6) is 0.681. The second kappa shape index (κ2) is 10.2. The molecule has 7 nitrogen and oxygen atoms in total.